The zero-order valence-electron chi connectivity index (χ0n) is 12.6. The van der Waals surface area contributed by atoms with Crippen molar-refractivity contribution in [2.75, 3.05) is 6.61 Å². The van der Waals surface area contributed by atoms with Gasteiger partial charge in [0.25, 0.3) is 0 Å². The lowest BCUT2D eigenvalue weighted by Gasteiger charge is -2.23. The average Bonchev–Trinajstić information content (AvgIpc) is 2.99. The molecule has 1 aliphatic rings. The highest BCUT2D eigenvalue weighted by molar-refractivity contribution is 7.80. The molecule has 118 valence electrons. The van der Waals surface area contributed by atoms with Crippen molar-refractivity contribution in [1.29, 1.82) is 0 Å². The van der Waals surface area contributed by atoms with Gasteiger partial charge in [-0.15, -0.1) is 0 Å². The van der Waals surface area contributed by atoms with Gasteiger partial charge in [0.2, 0.25) is 0 Å². The Kier molecular flexibility index (Phi) is 4.88. The van der Waals surface area contributed by atoms with E-state index in [1.807, 2.05) is 36.4 Å². The molecule has 0 spiro atoms. The Morgan fingerprint density at radius 2 is 1.61 bits per heavy atom. The first kappa shape index (κ1) is 15.5. The van der Waals surface area contributed by atoms with E-state index in [1.54, 1.807) is 0 Å². The van der Waals surface area contributed by atoms with Crippen LogP contribution in [0.4, 0.5) is 0 Å². The number of hydrogen-bond acceptors (Lipinski definition) is 3. The largest absolute Gasteiger partial charge is 0.464 e. The van der Waals surface area contributed by atoms with E-state index >= 15 is 0 Å². The van der Waals surface area contributed by atoms with E-state index in [0.717, 1.165) is 11.1 Å². The molecule has 0 saturated carbocycles. The van der Waals surface area contributed by atoms with Crippen LogP contribution in [-0.4, -0.2) is 23.7 Å². The van der Waals surface area contributed by atoms with Crippen molar-refractivity contribution < 1.29 is 9.53 Å². The second-order valence-corrected chi connectivity index (χ2v) is 5.79. The van der Waals surface area contributed by atoms with Crippen LogP contribution in [0.25, 0.3) is 0 Å². The van der Waals surface area contributed by atoms with Crippen molar-refractivity contribution in [2.24, 2.45) is 0 Å². The lowest BCUT2D eigenvalue weighted by atomic mass is 9.99. The number of rotatable bonds is 4. The summed E-state index contributed by atoms with van der Waals surface area (Å²) < 4.78 is 4.95. The van der Waals surface area contributed by atoms with Crippen LogP contribution in [0.2, 0.25) is 0 Å². The normalized spacial score (nSPS) is 16.9. The SMILES string of the molecule is O=C1OCCC1NC(=S)NC(c1ccccc1)c1ccccc1. The third-order valence-corrected chi connectivity index (χ3v) is 4.02. The van der Waals surface area contributed by atoms with Gasteiger partial charge in [-0.3, -0.25) is 0 Å². The number of esters is 1. The number of cyclic esters (lactones) is 1. The first-order valence-corrected chi connectivity index (χ1v) is 7.98. The van der Waals surface area contributed by atoms with Crippen LogP contribution in [0.5, 0.6) is 0 Å². The first-order chi connectivity index (χ1) is 11.2. The molecule has 4 nitrogen and oxygen atoms in total. The van der Waals surface area contributed by atoms with Gasteiger partial charge in [-0.05, 0) is 23.3 Å². The molecule has 2 aromatic rings. The summed E-state index contributed by atoms with van der Waals surface area (Å²) in [4.78, 5) is 11.6. The van der Waals surface area contributed by atoms with Crippen LogP contribution >= 0.6 is 12.2 Å². The van der Waals surface area contributed by atoms with Crippen LogP contribution in [-0.2, 0) is 9.53 Å². The standard InChI is InChI=1S/C18H18N2O2S/c21-17-15(11-12-22-17)19-18(23)20-16(13-7-3-1-4-8-13)14-9-5-2-6-10-14/h1-10,15-16H,11-12H2,(H2,19,20,23). The molecule has 5 heteroatoms. The van der Waals surface area contributed by atoms with Gasteiger partial charge < -0.3 is 15.4 Å². The van der Waals surface area contributed by atoms with Gasteiger partial charge in [0, 0.05) is 6.42 Å². The minimum atomic E-state index is -0.359. The fourth-order valence-corrected chi connectivity index (χ4v) is 2.87. The Morgan fingerprint density at radius 3 is 2.09 bits per heavy atom. The molecule has 1 aliphatic heterocycles. The lowest BCUT2D eigenvalue weighted by molar-refractivity contribution is -0.139. The van der Waals surface area contributed by atoms with Crippen LogP contribution in [0.15, 0.2) is 60.7 Å². The maximum Gasteiger partial charge on any atom is 0.328 e. The van der Waals surface area contributed by atoms with Crippen molar-refractivity contribution in [2.45, 2.75) is 18.5 Å². The van der Waals surface area contributed by atoms with Gasteiger partial charge in [0.1, 0.15) is 6.04 Å². The summed E-state index contributed by atoms with van der Waals surface area (Å²) in [6, 6.07) is 19.7. The molecular weight excluding hydrogens is 308 g/mol. The topological polar surface area (TPSA) is 50.4 Å². The predicted molar refractivity (Wildman–Crippen MR) is 93.0 cm³/mol. The van der Waals surface area contributed by atoms with Crippen molar-refractivity contribution >= 4 is 23.3 Å². The molecule has 23 heavy (non-hydrogen) atoms. The Hall–Kier alpha value is -2.40. The highest BCUT2D eigenvalue weighted by atomic mass is 32.1. The maximum atomic E-state index is 11.6. The average molecular weight is 326 g/mol. The molecule has 1 saturated heterocycles. The summed E-state index contributed by atoms with van der Waals surface area (Å²) in [6.07, 6.45) is 0.641. The van der Waals surface area contributed by atoms with Crippen molar-refractivity contribution in [1.82, 2.24) is 10.6 Å². The third-order valence-electron chi connectivity index (χ3n) is 3.78. The van der Waals surface area contributed by atoms with Gasteiger partial charge >= 0.3 is 5.97 Å². The summed E-state index contributed by atoms with van der Waals surface area (Å²) in [5.41, 5.74) is 2.22. The molecule has 1 heterocycles. The summed E-state index contributed by atoms with van der Waals surface area (Å²) in [5.74, 6) is -0.245. The van der Waals surface area contributed by atoms with Gasteiger partial charge in [-0.25, -0.2) is 4.79 Å². The Bertz CT molecular complexity index is 636. The van der Waals surface area contributed by atoms with E-state index in [2.05, 4.69) is 34.9 Å². The minimum absolute atomic E-state index is 0.0742. The zero-order valence-corrected chi connectivity index (χ0v) is 13.4. The molecule has 2 aromatic carbocycles. The zero-order chi connectivity index (χ0) is 16.1. The molecule has 1 unspecified atom stereocenters. The fourth-order valence-electron chi connectivity index (χ4n) is 2.61. The number of carbonyl (C=O) groups is 1. The number of hydrogen-bond donors (Lipinski definition) is 2. The number of nitrogens with one attached hydrogen (secondary N) is 2. The van der Waals surface area contributed by atoms with E-state index in [4.69, 9.17) is 17.0 Å². The lowest BCUT2D eigenvalue weighted by Crippen LogP contribution is -2.45. The monoisotopic (exact) mass is 326 g/mol. The van der Waals surface area contributed by atoms with Gasteiger partial charge in [0.15, 0.2) is 5.11 Å². The quantitative estimate of drug-likeness (QED) is 0.668. The first-order valence-electron chi connectivity index (χ1n) is 7.57. The summed E-state index contributed by atoms with van der Waals surface area (Å²) in [6.45, 7) is 0.444. The summed E-state index contributed by atoms with van der Waals surface area (Å²) >= 11 is 5.39. The van der Waals surface area contributed by atoms with E-state index < -0.39 is 0 Å². The highest BCUT2D eigenvalue weighted by Gasteiger charge is 2.27. The van der Waals surface area contributed by atoms with Crippen molar-refractivity contribution in [3.63, 3.8) is 0 Å². The third kappa shape index (κ3) is 3.87. The molecule has 0 amide bonds. The van der Waals surface area contributed by atoms with Gasteiger partial charge in [0.05, 0.1) is 12.6 Å². The summed E-state index contributed by atoms with van der Waals surface area (Å²) in [7, 11) is 0. The van der Waals surface area contributed by atoms with Crippen LogP contribution in [0, 0.1) is 0 Å². The van der Waals surface area contributed by atoms with Gasteiger partial charge in [-0.1, -0.05) is 60.7 Å². The second kappa shape index (κ2) is 7.24. The molecule has 3 rings (SSSR count). The molecule has 0 aliphatic carbocycles. The molecule has 1 fully saturated rings. The molecular formula is C18H18N2O2S. The minimum Gasteiger partial charge on any atom is -0.464 e. The van der Waals surface area contributed by atoms with Crippen LogP contribution in [0.3, 0.4) is 0 Å². The Balaban J connectivity index is 1.76. The summed E-state index contributed by atoms with van der Waals surface area (Å²) in [5, 5.41) is 6.80. The van der Waals surface area contributed by atoms with Crippen molar-refractivity contribution in [3.05, 3.63) is 71.8 Å². The smallest absolute Gasteiger partial charge is 0.328 e. The second-order valence-electron chi connectivity index (χ2n) is 5.38. The van der Waals surface area contributed by atoms with Gasteiger partial charge in [-0.2, -0.15) is 0 Å². The van der Waals surface area contributed by atoms with Crippen LogP contribution < -0.4 is 10.6 Å². The molecule has 0 aromatic heterocycles. The Labute approximate surface area is 140 Å². The number of carbonyl (C=O) groups excluding carboxylic acids is 1. The number of thiocarbonyl (C=S) groups is 1. The molecule has 1 atom stereocenters. The number of benzene rings is 2. The molecule has 0 radical (unpaired) electrons. The van der Waals surface area contributed by atoms with E-state index in [-0.39, 0.29) is 18.1 Å². The maximum absolute atomic E-state index is 11.6. The van der Waals surface area contributed by atoms with E-state index in [0.29, 0.717) is 18.1 Å². The predicted octanol–water partition coefficient (Wildman–Crippen LogP) is 2.56. The van der Waals surface area contributed by atoms with Crippen molar-refractivity contribution in [3.8, 4) is 0 Å². The molecule has 0 bridgehead atoms. The highest BCUT2D eigenvalue weighted by Crippen LogP contribution is 2.21. The Morgan fingerprint density at radius 1 is 1.04 bits per heavy atom. The van der Waals surface area contributed by atoms with E-state index in [1.165, 1.54) is 0 Å². The molecule has 2 N–H and O–H groups in total. The van der Waals surface area contributed by atoms with E-state index in [9.17, 15) is 4.79 Å². The number of ether oxygens (including phenoxy) is 1. The fraction of sp³-hybridized carbons (Fsp3) is 0.222. The van der Waals surface area contributed by atoms with Crippen LogP contribution in [0.1, 0.15) is 23.6 Å².